The van der Waals surface area contributed by atoms with Crippen LogP contribution in [-0.2, 0) is 4.79 Å². The van der Waals surface area contributed by atoms with Crippen molar-refractivity contribution in [3.05, 3.63) is 59.9 Å². The lowest BCUT2D eigenvalue weighted by Crippen LogP contribution is -2.11. The molecular formula is C18H16N4O2. The number of nitrogens with two attached hydrogens (primary N) is 1. The number of nitrogens with one attached hydrogen (secondary N) is 2. The Bertz CT molecular complexity index is 939. The zero-order valence-corrected chi connectivity index (χ0v) is 13.0. The minimum absolute atomic E-state index is 0.0296. The lowest BCUT2D eigenvalue weighted by molar-refractivity contribution is -0.112. The highest BCUT2D eigenvalue weighted by Gasteiger charge is 2.07. The maximum absolute atomic E-state index is 12.2. The van der Waals surface area contributed by atoms with Crippen LogP contribution in [0.4, 0.5) is 11.4 Å². The summed E-state index contributed by atoms with van der Waals surface area (Å²) in [6.07, 6.45) is 4.75. The van der Waals surface area contributed by atoms with Gasteiger partial charge in [0.1, 0.15) is 5.65 Å². The molecule has 0 bridgehead atoms. The molecule has 2 heterocycles. The monoisotopic (exact) mass is 320 g/mol. The smallest absolute Gasteiger partial charge is 0.255 e. The van der Waals surface area contributed by atoms with Gasteiger partial charge in [0.05, 0.1) is 11.9 Å². The second-order valence-electron chi connectivity index (χ2n) is 5.41. The fraction of sp³-hybridized carbons (Fsp3) is 0.0556. The second kappa shape index (κ2) is 6.37. The molecular weight excluding hydrogens is 304 g/mol. The van der Waals surface area contributed by atoms with Crippen LogP contribution in [0.3, 0.4) is 0 Å². The second-order valence-corrected chi connectivity index (χ2v) is 5.41. The molecule has 4 N–H and O–H groups in total. The van der Waals surface area contributed by atoms with Crippen molar-refractivity contribution in [2.75, 3.05) is 11.1 Å². The number of allylic oxidation sites excluding steroid dienone is 1. The van der Waals surface area contributed by atoms with Crippen molar-refractivity contribution in [1.82, 2.24) is 9.97 Å². The van der Waals surface area contributed by atoms with Gasteiger partial charge in [0.15, 0.2) is 5.78 Å². The summed E-state index contributed by atoms with van der Waals surface area (Å²) in [5.41, 5.74) is 8.78. The SMILES string of the molecule is CC(=O)/C=C/c1cc2cc(NC(=O)c3ccc(N)cc3)cnc2[nH]1. The van der Waals surface area contributed by atoms with Crippen LogP contribution in [0.25, 0.3) is 17.1 Å². The van der Waals surface area contributed by atoms with Crippen LogP contribution in [0.5, 0.6) is 0 Å². The van der Waals surface area contributed by atoms with Crippen molar-refractivity contribution < 1.29 is 9.59 Å². The molecule has 1 amide bonds. The van der Waals surface area contributed by atoms with E-state index in [0.29, 0.717) is 22.6 Å². The number of fused-ring (bicyclic) bond motifs is 1. The number of hydrogen-bond donors (Lipinski definition) is 3. The van der Waals surface area contributed by atoms with E-state index in [1.54, 1.807) is 36.5 Å². The van der Waals surface area contributed by atoms with Crippen LogP contribution in [0.1, 0.15) is 23.0 Å². The minimum atomic E-state index is -0.233. The number of aromatic nitrogens is 2. The summed E-state index contributed by atoms with van der Waals surface area (Å²) in [5, 5.41) is 3.64. The zero-order chi connectivity index (χ0) is 17.1. The molecule has 24 heavy (non-hydrogen) atoms. The molecule has 0 aliphatic carbocycles. The fourth-order valence-electron chi connectivity index (χ4n) is 2.24. The van der Waals surface area contributed by atoms with Gasteiger partial charge in [0.25, 0.3) is 5.91 Å². The van der Waals surface area contributed by atoms with Crippen LogP contribution in [0.2, 0.25) is 0 Å². The number of rotatable bonds is 4. The van der Waals surface area contributed by atoms with Gasteiger partial charge in [-0.15, -0.1) is 0 Å². The third kappa shape index (κ3) is 3.49. The average Bonchev–Trinajstić information content (AvgIpc) is 2.95. The summed E-state index contributed by atoms with van der Waals surface area (Å²) in [6, 6.07) is 10.4. The number of amides is 1. The van der Waals surface area contributed by atoms with Crippen molar-refractivity contribution in [3.8, 4) is 0 Å². The third-order valence-electron chi connectivity index (χ3n) is 3.42. The number of pyridine rings is 1. The molecule has 0 fully saturated rings. The number of nitrogen functional groups attached to an aromatic ring is 1. The normalized spacial score (nSPS) is 11.0. The van der Waals surface area contributed by atoms with Crippen LogP contribution in [0, 0.1) is 0 Å². The van der Waals surface area contributed by atoms with E-state index in [1.807, 2.05) is 12.1 Å². The Kier molecular flexibility index (Phi) is 4.11. The van der Waals surface area contributed by atoms with Crippen molar-refractivity contribution in [1.29, 1.82) is 0 Å². The zero-order valence-electron chi connectivity index (χ0n) is 13.0. The highest BCUT2D eigenvalue weighted by molar-refractivity contribution is 6.05. The average molecular weight is 320 g/mol. The predicted molar refractivity (Wildman–Crippen MR) is 94.6 cm³/mol. The van der Waals surface area contributed by atoms with Gasteiger partial charge in [-0.25, -0.2) is 4.98 Å². The number of hydrogen-bond acceptors (Lipinski definition) is 4. The molecule has 0 radical (unpaired) electrons. The molecule has 0 spiro atoms. The first-order chi connectivity index (χ1) is 11.5. The molecule has 0 saturated carbocycles. The lowest BCUT2D eigenvalue weighted by atomic mass is 10.2. The molecule has 0 aliphatic heterocycles. The third-order valence-corrected chi connectivity index (χ3v) is 3.42. The van der Waals surface area contributed by atoms with Crippen molar-refractivity contribution in [3.63, 3.8) is 0 Å². The quantitative estimate of drug-likeness (QED) is 0.508. The first-order valence-corrected chi connectivity index (χ1v) is 7.35. The van der Waals surface area contributed by atoms with Crippen LogP contribution in [0.15, 0.2) is 48.7 Å². The van der Waals surface area contributed by atoms with Gasteiger partial charge in [-0.3, -0.25) is 9.59 Å². The van der Waals surface area contributed by atoms with Crippen molar-refractivity contribution in [2.24, 2.45) is 0 Å². The molecule has 6 heteroatoms. The summed E-state index contributed by atoms with van der Waals surface area (Å²) in [5.74, 6) is -0.263. The summed E-state index contributed by atoms with van der Waals surface area (Å²) < 4.78 is 0. The summed E-state index contributed by atoms with van der Waals surface area (Å²) in [6.45, 7) is 1.49. The fourth-order valence-corrected chi connectivity index (χ4v) is 2.24. The van der Waals surface area contributed by atoms with E-state index in [-0.39, 0.29) is 11.7 Å². The number of benzene rings is 1. The molecule has 0 unspecified atom stereocenters. The summed E-state index contributed by atoms with van der Waals surface area (Å²) in [4.78, 5) is 30.6. The van der Waals surface area contributed by atoms with Crippen LogP contribution in [-0.4, -0.2) is 21.7 Å². The summed E-state index contributed by atoms with van der Waals surface area (Å²) >= 11 is 0. The van der Waals surface area contributed by atoms with Gasteiger partial charge in [0, 0.05) is 22.3 Å². The van der Waals surface area contributed by atoms with E-state index in [0.717, 1.165) is 11.1 Å². The number of nitrogens with zero attached hydrogens (tertiary/aromatic N) is 1. The number of anilines is 2. The maximum Gasteiger partial charge on any atom is 0.255 e. The molecule has 0 saturated heterocycles. The number of carbonyl (C=O) groups is 2. The van der Waals surface area contributed by atoms with E-state index in [4.69, 9.17) is 5.73 Å². The lowest BCUT2D eigenvalue weighted by Gasteiger charge is -2.05. The molecule has 3 aromatic rings. The first-order valence-electron chi connectivity index (χ1n) is 7.35. The van der Waals surface area contributed by atoms with E-state index in [9.17, 15) is 9.59 Å². The highest BCUT2D eigenvalue weighted by Crippen LogP contribution is 2.19. The van der Waals surface area contributed by atoms with Gasteiger partial charge in [-0.2, -0.15) is 0 Å². The van der Waals surface area contributed by atoms with Gasteiger partial charge < -0.3 is 16.0 Å². The Hall–Kier alpha value is -3.41. The summed E-state index contributed by atoms with van der Waals surface area (Å²) in [7, 11) is 0. The van der Waals surface area contributed by atoms with Crippen molar-refractivity contribution in [2.45, 2.75) is 6.92 Å². The van der Waals surface area contributed by atoms with Gasteiger partial charge in [-0.05, 0) is 55.5 Å². The molecule has 6 nitrogen and oxygen atoms in total. The Balaban J connectivity index is 1.81. The largest absolute Gasteiger partial charge is 0.399 e. The number of H-pyrrole nitrogens is 1. The Morgan fingerprint density at radius 2 is 1.96 bits per heavy atom. The topological polar surface area (TPSA) is 101 Å². The number of aromatic amines is 1. The Morgan fingerprint density at radius 1 is 1.21 bits per heavy atom. The van der Waals surface area contributed by atoms with E-state index >= 15 is 0 Å². The van der Waals surface area contributed by atoms with Crippen molar-refractivity contribution >= 4 is 40.2 Å². The standard InChI is InChI=1S/C18H16N4O2/c1-11(23)2-7-15-8-13-9-16(10-20-17(13)21-15)22-18(24)12-3-5-14(19)6-4-12/h2-10H,19H2,1H3,(H,20,21)(H,22,24)/b7-2+. The van der Waals surface area contributed by atoms with Gasteiger partial charge in [0.2, 0.25) is 0 Å². The maximum atomic E-state index is 12.2. The molecule has 0 atom stereocenters. The van der Waals surface area contributed by atoms with Crippen LogP contribution < -0.4 is 11.1 Å². The predicted octanol–water partition coefficient (Wildman–Crippen LogP) is 3.00. The number of ketones is 1. The van der Waals surface area contributed by atoms with Gasteiger partial charge in [-0.1, -0.05) is 0 Å². The van der Waals surface area contributed by atoms with Gasteiger partial charge >= 0.3 is 0 Å². The highest BCUT2D eigenvalue weighted by atomic mass is 16.1. The molecule has 120 valence electrons. The first kappa shape index (κ1) is 15.5. The van der Waals surface area contributed by atoms with Crippen LogP contribution >= 0.6 is 0 Å². The van der Waals surface area contributed by atoms with E-state index in [2.05, 4.69) is 15.3 Å². The molecule has 2 aromatic heterocycles. The number of carbonyl (C=O) groups excluding carboxylic acids is 2. The molecule has 0 aliphatic rings. The van der Waals surface area contributed by atoms with E-state index in [1.165, 1.54) is 13.0 Å². The Morgan fingerprint density at radius 3 is 2.67 bits per heavy atom. The molecule has 3 rings (SSSR count). The molecule has 1 aromatic carbocycles. The van der Waals surface area contributed by atoms with E-state index < -0.39 is 0 Å². The minimum Gasteiger partial charge on any atom is -0.399 e. The Labute approximate surface area is 138 Å².